The Morgan fingerprint density at radius 3 is 1.14 bits per heavy atom. The highest BCUT2D eigenvalue weighted by Crippen LogP contribution is 2.40. The van der Waals surface area contributed by atoms with Crippen molar-refractivity contribution >= 4 is 43.1 Å². The Hall–Kier alpha value is -6.28. The first-order chi connectivity index (χ1) is 23.6. The average molecular weight is 691 g/mol. The maximum atomic E-state index is 14.3. The van der Waals surface area contributed by atoms with E-state index in [9.17, 15) is 54.4 Å². The van der Waals surface area contributed by atoms with Gasteiger partial charge in [0.05, 0.1) is 21.8 Å². The number of fused-ring (bicyclic) bond motifs is 6. The molecular weight excluding hydrogens is 678 g/mol. The Bertz CT molecular complexity index is 2620. The van der Waals surface area contributed by atoms with Crippen LogP contribution < -0.4 is 10.7 Å². The molecule has 0 saturated carbocycles. The Kier molecular flexibility index (Phi) is 7.19. The van der Waals surface area contributed by atoms with Crippen LogP contribution in [0.25, 0.3) is 65.3 Å². The summed E-state index contributed by atoms with van der Waals surface area (Å²) < 4.78 is 137. The minimum Gasteiger partial charge on any atom is -0.204 e. The van der Waals surface area contributed by atoms with Crippen molar-refractivity contribution in [2.24, 2.45) is 9.98 Å². The summed E-state index contributed by atoms with van der Waals surface area (Å²) in [6.45, 7) is 0. The fraction of sp³-hybridized carbons (Fsp3) is 0.0556. The quantitative estimate of drug-likeness (QED) is 0.134. The highest BCUT2D eigenvalue weighted by Gasteiger charge is 2.37. The third-order valence-corrected chi connectivity index (χ3v) is 8.46. The summed E-state index contributed by atoms with van der Waals surface area (Å²) in [5.41, 5.74) is -4.04. The van der Waals surface area contributed by atoms with E-state index < -0.39 is 46.7 Å². The molecule has 0 aliphatic carbocycles. The number of hydrogen-bond acceptors (Lipinski definition) is 4. The largest absolute Gasteiger partial charge is 0.419 e. The van der Waals surface area contributed by atoms with Crippen LogP contribution in [-0.4, -0.2) is 0 Å². The summed E-state index contributed by atoms with van der Waals surface area (Å²) >= 11 is 0. The second kappa shape index (κ2) is 11.1. The fourth-order valence-corrected chi connectivity index (χ4v) is 6.30. The van der Waals surface area contributed by atoms with Crippen molar-refractivity contribution in [1.82, 2.24) is 0 Å². The minimum atomic E-state index is -5.18. The monoisotopic (exact) mass is 690 g/mol. The van der Waals surface area contributed by atoms with Crippen LogP contribution in [0.3, 0.4) is 0 Å². The van der Waals surface area contributed by atoms with Crippen molar-refractivity contribution in [3.05, 3.63) is 118 Å². The fourth-order valence-electron chi connectivity index (χ4n) is 6.30. The van der Waals surface area contributed by atoms with Crippen molar-refractivity contribution < 1.29 is 43.9 Å². The smallest absolute Gasteiger partial charge is 0.204 e. The Morgan fingerprint density at radius 2 is 0.780 bits per heavy atom. The normalized spacial score (nSPS) is 13.2. The molecule has 7 aromatic rings. The molecule has 4 nitrogen and oxygen atoms in total. The van der Waals surface area contributed by atoms with E-state index >= 15 is 0 Å². The van der Waals surface area contributed by atoms with Crippen molar-refractivity contribution in [1.29, 1.82) is 10.5 Å². The maximum Gasteiger partial charge on any atom is 0.419 e. The summed E-state index contributed by atoms with van der Waals surface area (Å²) in [7, 11) is 0. The van der Waals surface area contributed by atoms with Gasteiger partial charge in [-0.25, -0.2) is 17.6 Å². The topological polar surface area (TPSA) is 72.3 Å². The van der Waals surface area contributed by atoms with Gasteiger partial charge >= 0.3 is 12.4 Å². The zero-order valence-electron chi connectivity index (χ0n) is 24.5. The van der Waals surface area contributed by atoms with Crippen molar-refractivity contribution in [3.63, 3.8) is 0 Å². The molecule has 0 saturated heterocycles. The molecule has 14 heteroatoms. The van der Waals surface area contributed by atoms with Crippen LogP contribution in [0.4, 0.5) is 43.9 Å². The van der Waals surface area contributed by atoms with Gasteiger partial charge in [0.25, 0.3) is 0 Å². The molecule has 50 heavy (non-hydrogen) atoms. The zero-order chi connectivity index (χ0) is 35.9. The molecule has 0 bridgehead atoms. The number of alkyl halides is 6. The highest BCUT2D eigenvalue weighted by atomic mass is 19.4. The molecule has 0 atom stereocenters. The van der Waals surface area contributed by atoms with Crippen molar-refractivity contribution in [3.8, 4) is 34.6 Å². The lowest BCUT2D eigenvalue weighted by atomic mass is 9.99. The van der Waals surface area contributed by atoms with Gasteiger partial charge in [-0.2, -0.15) is 46.9 Å². The Morgan fingerprint density at radius 1 is 0.420 bits per heavy atom. The molecule has 246 valence electrons. The number of hydrogen-bond donors (Lipinski definition) is 0. The van der Waals surface area contributed by atoms with Gasteiger partial charge in [-0.3, -0.25) is 0 Å². The van der Waals surface area contributed by atoms with Gasteiger partial charge in [0.15, 0.2) is 23.3 Å². The van der Waals surface area contributed by atoms with Crippen molar-refractivity contribution in [2.45, 2.75) is 12.4 Å². The molecule has 0 unspecified atom stereocenters. The number of nitrogens with zero attached hydrogens (tertiary/aromatic N) is 4. The molecule has 0 aliphatic rings. The molecule has 7 aromatic carbocycles. The van der Waals surface area contributed by atoms with Crippen LogP contribution in [-0.2, 0) is 12.4 Å². The average Bonchev–Trinajstić information content (AvgIpc) is 3.52. The number of rotatable bonds is 2. The van der Waals surface area contributed by atoms with Crippen LogP contribution in [0.5, 0.6) is 0 Å². The van der Waals surface area contributed by atoms with Crippen molar-refractivity contribution in [2.75, 3.05) is 0 Å². The van der Waals surface area contributed by atoms with E-state index in [1.54, 1.807) is 24.5 Å². The third kappa shape index (κ3) is 4.99. The predicted octanol–water partition coefficient (Wildman–Crippen LogP) is 9.87. The van der Waals surface area contributed by atoms with E-state index in [-0.39, 0.29) is 43.7 Å². The predicted molar refractivity (Wildman–Crippen MR) is 162 cm³/mol. The molecular formula is C36H12F10N4. The summed E-state index contributed by atoms with van der Waals surface area (Å²) in [6, 6.07) is 14.0. The van der Waals surface area contributed by atoms with Crippen LogP contribution in [0.1, 0.15) is 11.1 Å². The van der Waals surface area contributed by atoms with E-state index in [2.05, 4.69) is 9.98 Å². The van der Waals surface area contributed by atoms with Crippen LogP contribution in [0.2, 0.25) is 0 Å². The third-order valence-electron chi connectivity index (χ3n) is 8.46. The number of nitriles is 2. The molecule has 0 spiro atoms. The molecule has 0 aliphatic heterocycles. The van der Waals surface area contributed by atoms with Gasteiger partial charge in [0.1, 0.15) is 0 Å². The lowest BCUT2D eigenvalue weighted by Crippen LogP contribution is -2.10. The van der Waals surface area contributed by atoms with Crippen LogP contribution >= 0.6 is 0 Å². The first-order valence-electron chi connectivity index (χ1n) is 14.2. The second-order valence-corrected chi connectivity index (χ2v) is 11.2. The zero-order valence-corrected chi connectivity index (χ0v) is 24.5. The molecule has 0 aromatic heterocycles. The summed E-state index contributed by atoms with van der Waals surface area (Å²) in [5, 5.41) is 22.5. The lowest BCUT2D eigenvalue weighted by molar-refractivity contribution is -0.141. The number of halogens is 10. The molecule has 0 heterocycles. The minimum absolute atomic E-state index is 0.0645. The molecule has 0 radical (unpaired) electrons. The standard InChI is InChI=1S/C36H12F10N4/c37-29-9-17(7-27(31(29)39)35(41,42)43)15-1-3-19-21-11-22-20-4-2-16(18-8-28(36(44,45)46)32(40)30(38)10-18)6-24(20)34(50-14-48)26(22)12-25(21)33(49-13-47)23(19)5-15/h1-12H. The van der Waals surface area contributed by atoms with Gasteiger partial charge in [-0.1, -0.05) is 24.3 Å². The van der Waals surface area contributed by atoms with Gasteiger partial charge in [-0.15, -0.1) is 0 Å². The summed E-state index contributed by atoms with van der Waals surface area (Å²) in [4.78, 5) is 7.84. The Balaban J connectivity index is 1.49. The highest BCUT2D eigenvalue weighted by molar-refractivity contribution is 6.21. The SMILES string of the molecule is N#CN=c1c2cc(-c3cc(F)c(F)c(C(F)(F)F)c3)ccc2c2cc3c(cc12)c(=NC#N)c1cc(-c2cc(F)c(F)c(C(F)(F)F)c2)ccc13. The Labute approximate surface area is 272 Å². The molecule has 0 fully saturated rings. The van der Waals surface area contributed by atoms with Gasteiger partial charge < -0.3 is 0 Å². The summed E-state index contributed by atoms with van der Waals surface area (Å²) in [6.07, 6.45) is -7.00. The molecule has 7 rings (SSSR count). The van der Waals surface area contributed by atoms with Crippen LogP contribution in [0.15, 0.2) is 82.8 Å². The van der Waals surface area contributed by atoms with Gasteiger partial charge in [-0.05, 0) is 92.3 Å². The van der Waals surface area contributed by atoms with Crippen LogP contribution in [0, 0.1) is 46.2 Å². The second-order valence-electron chi connectivity index (χ2n) is 11.2. The van der Waals surface area contributed by atoms with E-state index in [0.717, 1.165) is 0 Å². The maximum absolute atomic E-state index is 14.3. The van der Waals surface area contributed by atoms with E-state index in [1.165, 1.54) is 36.4 Å². The number of benzene rings is 5. The van der Waals surface area contributed by atoms with Gasteiger partial charge in [0, 0.05) is 21.5 Å². The first-order valence-corrected chi connectivity index (χ1v) is 14.2. The summed E-state index contributed by atoms with van der Waals surface area (Å²) in [5.74, 6) is -7.52. The van der Waals surface area contributed by atoms with E-state index in [1.807, 2.05) is 0 Å². The van der Waals surface area contributed by atoms with Gasteiger partial charge in [0.2, 0.25) is 12.4 Å². The first kappa shape index (κ1) is 32.3. The van der Waals surface area contributed by atoms with E-state index in [4.69, 9.17) is 0 Å². The molecule has 0 N–H and O–H groups in total. The lowest BCUT2D eigenvalue weighted by Gasteiger charge is -2.11. The molecule has 0 amide bonds. The van der Waals surface area contributed by atoms with E-state index in [0.29, 0.717) is 56.6 Å².